The summed E-state index contributed by atoms with van der Waals surface area (Å²) in [6, 6.07) is 11.6. The number of aliphatic hydroxyl groups excluding tert-OH is 1. The standard InChI is InChI=1S/C19H20ClNO6/c1-25-14-7-3-12(4-8-14)18(23)17(19(24)26-2)21-16(22)11-27-15-9-5-13(20)6-10-15/h3-10,17-18,23H,11H2,1-2H3,(H,21,22). The van der Waals surface area contributed by atoms with E-state index in [4.69, 9.17) is 21.1 Å². The van der Waals surface area contributed by atoms with Crippen LogP contribution in [0.4, 0.5) is 0 Å². The normalized spacial score (nSPS) is 12.6. The molecule has 0 saturated carbocycles. The van der Waals surface area contributed by atoms with Gasteiger partial charge in [-0.3, -0.25) is 4.79 Å². The molecular formula is C19H20ClNO6. The minimum absolute atomic E-state index is 0.343. The molecule has 8 heteroatoms. The number of carbonyl (C=O) groups excluding carboxylic acids is 2. The van der Waals surface area contributed by atoms with Crippen LogP contribution in [-0.4, -0.2) is 43.9 Å². The molecule has 7 nitrogen and oxygen atoms in total. The average molecular weight is 394 g/mol. The lowest BCUT2D eigenvalue weighted by atomic mass is 10.0. The highest BCUT2D eigenvalue weighted by Gasteiger charge is 2.30. The van der Waals surface area contributed by atoms with Crippen molar-refractivity contribution >= 4 is 23.5 Å². The van der Waals surface area contributed by atoms with E-state index in [1.807, 2.05) is 0 Å². The molecule has 0 saturated heterocycles. The first-order valence-electron chi connectivity index (χ1n) is 8.02. The van der Waals surface area contributed by atoms with Crippen molar-refractivity contribution in [1.82, 2.24) is 5.32 Å². The Bertz CT molecular complexity index is 763. The molecule has 2 aromatic carbocycles. The van der Waals surface area contributed by atoms with Crippen molar-refractivity contribution < 1.29 is 28.9 Å². The summed E-state index contributed by atoms with van der Waals surface area (Å²) in [5.74, 6) is -0.327. The molecule has 144 valence electrons. The van der Waals surface area contributed by atoms with E-state index in [0.717, 1.165) is 0 Å². The Morgan fingerprint density at radius 2 is 1.63 bits per heavy atom. The van der Waals surface area contributed by atoms with E-state index in [-0.39, 0.29) is 6.61 Å². The average Bonchev–Trinajstić information content (AvgIpc) is 2.70. The number of ether oxygens (including phenoxy) is 3. The van der Waals surface area contributed by atoms with Crippen molar-refractivity contribution in [1.29, 1.82) is 0 Å². The molecule has 1 amide bonds. The molecule has 27 heavy (non-hydrogen) atoms. The summed E-state index contributed by atoms with van der Waals surface area (Å²) in [5.41, 5.74) is 0.421. The Hall–Kier alpha value is -2.77. The SMILES string of the molecule is COC(=O)C(NC(=O)COc1ccc(Cl)cc1)C(O)c1ccc(OC)cc1. The molecule has 2 aromatic rings. The molecular weight excluding hydrogens is 374 g/mol. The predicted octanol–water partition coefficient (Wildman–Crippen LogP) is 2.12. The zero-order valence-electron chi connectivity index (χ0n) is 14.8. The summed E-state index contributed by atoms with van der Waals surface area (Å²) in [4.78, 5) is 24.2. The highest BCUT2D eigenvalue weighted by atomic mass is 35.5. The summed E-state index contributed by atoms with van der Waals surface area (Å²) >= 11 is 5.78. The lowest BCUT2D eigenvalue weighted by Crippen LogP contribution is -2.47. The van der Waals surface area contributed by atoms with Crippen molar-refractivity contribution in [2.24, 2.45) is 0 Å². The maximum atomic E-state index is 12.1. The van der Waals surface area contributed by atoms with E-state index in [9.17, 15) is 14.7 Å². The van der Waals surface area contributed by atoms with E-state index in [1.165, 1.54) is 14.2 Å². The summed E-state index contributed by atoms with van der Waals surface area (Å²) < 4.78 is 15.1. The third-order valence-corrected chi connectivity index (χ3v) is 3.98. The molecule has 0 bridgehead atoms. The van der Waals surface area contributed by atoms with Gasteiger partial charge in [-0.2, -0.15) is 0 Å². The minimum atomic E-state index is -1.30. The molecule has 2 N–H and O–H groups in total. The first-order chi connectivity index (χ1) is 12.9. The second-order valence-electron chi connectivity index (χ2n) is 5.53. The van der Waals surface area contributed by atoms with Crippen molar-refractivity contribution in [3.05, 3.63) is 59.1 Å². The Morgan fingerprint density at radius 1 is 1.04 bits per heavy atom. The smallest absolute Gasteiger partial charge is 0.331 e. The van der Waals surface area contributed by atoms with Gasteiger partial charge in [0.1, 0.15) is 17.6 Å². The molecule has 0 heterocycles. The van der Waals surface area contributed by atoms with Crippen LogP contribution in [0.25, 0.3) is 0 Å². The number of aliphatic hydroxyl groups is 1. The van der Waals surface area contributed by atoms with Gasteiger partial charge in [-0.15, -0.1) is 0 Å². The summed E-state index contributed by atoms with van der Waals surface area (Å²) in [6.07, 6.45) is -1.30. The second-order valence-corrected chi connectivity index (χ2v) is 5.97. The monoisotopic (exact) mass is 393 g/mol. The first-order valence-corrected chi connectivity index (χ1v) is 8.40. The zero-order valence-corrected chi connectivity index (χ0v) is 15.6. The molecule has 2 unspecified atom stereocenters. The van der Waals surface area contributed by atoms with E-state index in [0.29, 0.717) is 22.1 Å². The van der Waals surface area contributed by atoms with Crippen molar-refractivity contribution in [2.45, 2.75) is 12.1 Å². The lowest BCUT2D eigenvalue weighted by molar-refractivity contribution is -0.148. The molecule has 0 fully saturated rings. The van der Waals surface area contributed by atoms with Crippen LogP contribution in [0.2, 0.25) is 5.02 Å². The molecule has 0 aliphatic heterocycles. The quantitative estimate of drug-likeness (QED) is 0.667. The number of amides is 1. The van der Waals surface area contributed by atoms with Crippen LogP contribution in [0.3, 0.4) is 0 Å². The molecule has 2 atom stereocenters. The number of rotatable bonds is 8. The number of halogens is 1. The van der Waals surface area contributed by atoms with E-state index in [2.05, 4.69) is 10.1 Å². The highest BCUT2D eigenvalue weighted by Crippen LogP contribution is 2.21. The summed E-state index contributed by atoms with van der Waals surface area (Å²) in [5, 5.41) is 13.5. The van der Waals surface area contributed by atoms with E-state index >= 15 is 0 Å². The van der Waals surface area contributed by atoms with Gasteiger partial charge < -0.3 is 24.6 Å². The Labute approximate surface area is 161 Å². The topological polar surface area (TPSA) is 94.1 Å². The number of benzene rings is 2. The van der Waals surface area contributed by atoms with Crippen molar-refractivity contribution in [3.63, 3.8) is 0 Å². The van der Waals surface area contributed by atoms with Gasteiger partial charge in [0, 0.05) is 5.02 Å². The molecule has 0 aromatic heterocycles. The van der Waals surface area contributed by atoms with Crippen LogP contribution in [0.1, 0.15) is 11.7 Å². The van der Waals surface area contributed by atoms with Crippen LogP contribution in [0, 0.1) is 0 Å². The number of methoxy groups -OCH3 is 2. The van der Waals surface area contributed by atoms with Crippen LogP contribution < -0.4 is 14.8 Å². The molecule has 2 rings (SSSR count). The van der Waals surface area contributed by atoms with Gasteiger partial charge in [0.2, 0.25) is 0 Å². The number of esters is 1. The van der Waals surface area contributed by atoms with Gasteiger partial charge in [-0.05, 0) is 42.0 Å². The molecule has 0 radical (unpaired) electrons. The van der Waals surface area contributed by atoms with Gasteiger partial charge in [-0.25, -0.2) is 4.79 Å². The Kier molecular flexibility index (Phi) is 7.45. The van der Waals surface area contributed by atoms with Crippen LogP contribution in [0.15, 0.2) is 48.5 Å². The summed E-state index contributed by atoms with van der Waals surface area (Å²) in [6.45, 7) is -0.343. The van der Waals surface area contributed by atoms with E-state index < -0.39 is 24.0 Å². The fraction of sp³-hybridized carbons (Fsp3) is 0.263. The Morgan fingerprint density at radius 3 is 2.19 bits per heavy atom. The van der Waals surface area contributed by atoms with Crippen molar-refractivity contribution in [3.8, 4) is 11.5 Å². The number of nitrogens with one attached hydrogen (secondary N) is 1. The predicted molar refractivity (Wildman–Crippen MR) is 98.8 cm³/mol. The molecule has 0 aliphatic carbocycles. The van der Waals surface area contributed by atoms with Crippen molar-refractivity contribution in [2.75, 3.05) is 20.8 Å². The van der Waals surface area contributed by atoms with E-state index in [1.54, 1.807) is 48.5 Å². The Balaban J connectivity index is 2.02. The number of hydrogen-bond acceptors (Lipinski definition) is 6. The van der Waals surface area contributed by atoms with Gasteiger partial charge in [0.05, 0.1) is 14.2 Å². The minimum Gasteiger partial charge on any atom is -0.497 e. The fourth-order valence-corrected chi connectivity index (χ4v) is 2.41. The molecule has 0 spiro atoms. The lowest BCUT2D eigenvalue weighted by Gasteiger charge is -2.22. The molecule has 0 aliphatic rings. The highest BCUT2D eigenvalue weighted by molar-refractivity contribution is 6.30. The number of hydrogen-bond donors (Lipinski definition) is 2. The number of carbonyl (C=O) groups is 2. The van der Waals surface area contributed by atoms with Gasteiger partial charge >= 0.3 is 5.97 Å². The van der Waals surface area contributed by atoms with Crippen LogP contribution in [-0.2, 0) is 14.3 Å². The van der Waals surface area contributed by atoms with Gasteiger partial charge in [0.25, 0.3) is 5.91 Å². The third-order valence-electron chi connectivity index (χ3n) is 3.73. The maximum Gasteiger partial charge on any atom is 0.331 e. The second kappa shape index (κ2) is 9.80. The summed E-state index contributed by atoms with van der Waals surface area (Å²) in [7, 11) is 2.69. The maximum absolute atomic E-state index is 12.1. The zero-order chi connectivity index (χ0) is 19.8. The third kappa shape index (κ3) is 5.87. The van der Waals surface area contributed by atoms with Crippen LogP contribution >= 0.6 is 11.6 Å². The van der Waals surface area contributed by atoms with Crippen LogP contribution in [0.5, 0.6) is 11.5 Å². The van der Waals surface area contributed by atoms with Gasteiger partial charge in [-0.1, -0.05) is 23.7 Å². The largest absolute Gasteiger partial charge is 0.497 e. The fourth-order valence-electron chi connectivity index (χ4n) is 2.28. The first kappa shape index (κ1) is 20.5. The van der Waals surface area contributed by atoms with Gasteiger partial charge in [0.15, 0.2) is 12.6 Å².